The lowest BCUT2D eigenvalue weighted by Gasteiger charge is -2.29. The zero-order valence-corrected chi connectivity index (χ0v) is 12.9. The summed E-state index contributed by atoms with van der Waals surface area (Å²) in [4.78, 5) is 4.85. The molecule has 0 spiro atoms. The summed E-state index contributed by atoms with van der Waals surface area (Å²) in [5.74, 6) is 2.02. The molecule has 19 heavy (non-hydrogen) atoms. The fraction of sp³-hybridized carbons (Fsp3) is 0.533. The quantitative estimate of drug-likeness (QED) is 0.904. The third-order valence-electron chi connectivity index (χ3n) is 3.69. The van der Waals surface area contributed by atoms with E-state index in [0.717, 1.165) is 35.2 Å². The van der Waals surface area contributed by atoms with Crippen LogP contribution in [0.3, 0.4) is 0 Å². The van der Waals surface area contributed by atoms with Crippen molar-refractivity contribution in [3.63, 3.8) is 0 Å². The fourth-order valence-corrected chi connectivity index (χ4v) is 3.24. The fourth-order valence-electron chi connectivity index (χ4n) is 2.04. The number of methoxy groups -OCH3 is 1. The minimum absolute atomic E-state index is 0.0912. The number of nitrogens with zero attached hydrogens (tertiary/aromatic N) is 1. The molecular weight excluding hydrogens is 256 g/mol. The monoisotopic (exact) mass is 278 g/mol. The maximum absolute atomic E-state index is 5.23. The normalized spacial score (nSPS) is 22.8. The van der Waals surface area contributed by atoms with Crippen LogP contribution in [-0.2, 0) is 0 Å². The van der Waals surface area contributed by atoms with Crippen molar-refractivity contribution in [3.05, 3.63) is 23.8 Å². The molecule has 0 bridgehead atoms. The molecule has 4 heteroatoms. The van der Waals surface area contributed by atoms with E-state index >= 15 is 0 Å². The molecule has 1 unspecified atom stereocenters. The first-order valence-corrected chi connectivity index (χ1v) is 7.69. The van der Waals surface area contributed by atoms with Crippen molar-refractivity contribution >= 4 is 22.6 Å². The van der Waals surface area contributed by atoms with E-state index in [0.29, 0.717) is 0 Å². The van der Waals surface area contributed by atoms with E-state index in [1.54, 1.807) is 18.9 Å². The van der Waals surface area contributed by atoms with Crippen LogP contribution in [0.4, 0.5) is 5.69 Å². The van der Waals surface area contributed by atoms with Crippen molar-refractivity contribution in [2.45, 2.75) is 39.2 Å². The van der Waals surface area contributed by atoms with E-state index in [1.165, 1.54) is 5.56 Å². The second-order valence-corrected chi connectivity index (χ2v) is 6.26. The van der Waals surface area contributed by atoms with Crippen LogP contribution in [0.25, 0.3) is 0 Å². The number of rotatable bonds is 3. The van der Waals surface area contributed by atoms with Crippen molar-refractivity contribution in [1.29, 1.82) is 0 Å². The highest BCUT2D eigenvalue weighted by atomic mass is 32.2. The minimum Gasteiger partial charge on any atom is -0.497 e. The molecule has 1 aliphatic heterocycles. The summed E-state index contributed by atoms with van der Waals surface area (Å²) in [5.41, 5.74) is 2.37. The van der Waals surface area contributed by atoms with Crippen molar-refractivity contribution in [1.82, 2.24) is 0 Å². The largest absolute Gasteiger partial charge is 0.497 e. The minimum atomic E-state index is 0.0912. The first-order chi connectivity index (χ1) is 9.06. The lowest BCUT2D eigenvalue weighted by Crippen LogP contribution is -2.29. The standard InChI is InChI=1S/C15H22N2OS/c1-5-15(3)8-9-19-14(17-15)16-13-7-6-12(18-4)10-11(13)2/h6-7,10H,5,8-9H2,1-4H3,(H,16,17). The Balaban J connectivity index is 2.17. The number of aliphatic imine (C=N–C) groups is 1. The van der Waals surface area contributed by atoms with Crippen molar-refractivity contribution < 1.29 is 4.74 Å². The van der Waals surface area contributed by atoms with Gasteiger partial charge in [-0.05, 0) is 50.5 Å². The summed E-state index contributed by atoms with van der Waals surface area (Å²) in [7, 11) is 1.69. The number of amidine groups is 1. The Morgan fingerprint density at radius 3 is 2.89 bits per heavy atom. The van der Waals surface area contributed by atoms with Crippen molar-refractivity contribution in [3.8, 4) is 5.75 Å². The molecule has 0 saturated heterocycles. The molecule has 1 aliphatic rings. The van der Waals surface area contributed by atoms with Gasteiger partial charge in [0, 0.05) is 11.4 Å². The van der Waals surface area contributed by atoms with Crippen LogP contribution < -0.4 is 10.1 Å². The molecule has 2 rings (SSSR count). The van der Waals surface area contributed by atoms with Crippen LogP contribution in [0, 0.1) is 6.92 Å². The van der Waals surface area contributed by atoms with Gasteiger partial charge in [0.05, 0.1) is 12.6 Å². The van der Waals surface area contributed by atoms with Crippen LogP contribution in [0.15, 0.2) is 23.2 Å². The van der Waals surface area contributed by atoms with E-state index in [1.807, 2.05) is 12.1 Å². The third-order valence-corrected chi connectivity index (χ3v) is 4.56. The summed E-state index contributed by atoms with van der Waals surface area (Å²) in [6, 6.07) is 6.06. The predicted octanol–water partition coefficient (Wildman–Crippen LogP) is 4.08. The maximum Gasteiger partial charge on any atom is 0.161 e. The van der Waals surface area contributed by atoms with Gasteiger partial charge >= 0.3 is 0 Å². The number of ether oxygens (including phenoxy) is 1. The number of hydrogen-bond acceptors (Lipinski definition) is 4. The van der Waals surface area contributed by atoms with Gasteiger partial charge in [-0.25, -0.2) is 0 Å². The molecule has 0 aromatic heterocycles. The topological polar surface area (TPSA) is 33.6 Å². The molecule has 104 valence electrons. The molecule has 1 aromatic rings. The summed E-state index contributed by atoms with van der Waals surface area (Å²) in [5, 5.41) is 4.48. The average Bonchev–Trinajstić information content (AvgIpc) is 2.41. The summed E-state index contributed by atoms with van der Waals surface area (Å²) in [6.07, 6.45) is 2.24. The van der Waals surface area contributed by atoms with Gasteiger partial charge in [-0.1, -0.05) is 18.7 Å². The third kappa shape index (κ3) is 3.44. The SMILES string of the molecule is CCC1(C)CCSC(Nc2ccc(OC)cc2C)=N1. The Morgan fingerprint density at radius 1 is 1.47 bits per heavy atom. The van der Waals surface area contributed by atoms with Gasteiger partial charge in [0.1, 0.15) is 5.75 Å². The number of aryl methyl sites for hydroxylation is 1. The average molecular weight is 278 g/mol. The van der Waals surface area contributed by atoms with Crippen molar-refractivity contribution in [2.75, 3.05) is 18.2 Å². The summed E-state index contributed by atoms with van der Waals surface area (Å²) in [6.45, 7) is 6.52. The van der Waals surface area contributed by atoms with Crippen LogP contribution in [0.5, 0.6) is 5.75 Å². The maximum atomic E-state index is 5.23. The van der Waals surface area contributed by atoms with Crippen LogP contribution >= 0.6 is 11.8 Å². The number of nitrogens with one attached hydrogen (secondary N) is 1. The Morgan fingerprint density at radius 2 is 2.26 bits per heavy atom. The highest BCUT2D eigenvalue weighted by Crippen LogP contribution is 2.30. The first-order valence-electron chi connectivity index (χ1n) is 6.70. The van der Waals surface area contributed by atoms with Crippen LogP contribution in [0.2, 0.25) is 0 Å². The van der Waals surface area contributed by atoms with E-state index in [-0.39, 0.29) is 5.54 Å². The highest BCUT2D eigenvalue weighted by Gasteiger charge is 2.26. The highest BCUT2D eigenvalue weighted by molar-refractivity contribution is 8.14. The van der Waals surface area contributed by atoms with E-state index < -0.39 is 0 Å². The van der Waals surface area contributed by atoms with Gasteiger partial charge in [0.25, 0.3) is 0 Å². The predicted molar refractivity (Wildman–Crippen MR) is 84.6 cm³/mol. The molecule has 0 radical (unpaired) electrons. The molecule has 0 aliphatic carbocycles. The van der Waals surface area contributed by atoms with Gasteiger partial charge in [-0.3, -0.25) is 4.99 Å². The summed E-state index contributed by atoms with van der Waals surface area (Å²) >= 11 is 1.80. The number of thioether (sulfide) groups is 1. The molecule has 1 N–H and O–H groups in total. The lowest BCUT2D eigenvalue weighted by molar-refractivity contribution is 0.414. The first kappa shape index (κ1) is 14.3. The van der Waals surface area contributed by atoms with Gasteiger partial charge in [-0.2, -0.15) is 0 Å². The second-order valence-electron chi connectivity index (χ2n) is 5.17. The van der Waals surface area contributed by atoms with Gasteiger partial charge in [-0.15, -0.1) is 0 Å². The van der Waals surface area contributed by atoms with Crippen molar-refractivity contribution in [2.24, 2.45) is 4.99 Å². The second kappa shape index (κ2) is 5.87. The molecule has 0 saturated carbocycles. The van der Waals surface area contributed by atoms with Gasteiger partial charge < -0.3 is 10.1 Å². The van der Waals surface area contributed by atoms with Gasteiger partial charge in [0.15, 0.2) is 5.17 Å². The smallest absolute Gasteiger partial charge is 0.161 e. The number of benzene rings is 1. The number of anilines is 1. The Labute approximate surface area is 119 Å². The molecule has 0 amide bonds. The lowest BCUT2D eigenvalue weighted by atomic mass is 9.97. The molecule has 1 aromatic carbocycles. The Hall–Kier alpha value is -1.16. The van der Waals surface area contributed by atoms with E-state index in [4.69, 9.17) is 9.73 Å². The molecule has 0 fully saturated rings. The van der Waals surface area contributed by atoms with Gasteiger partial charge in [0.2, 0.25) is 0 Å². The Bertz CT molecular complexity index is 487. The molecular formula is C15H22N2OS. The number of hydrogen-bond donors (Lipinski definition) is 1. The molecule has 1 heterocycles. The molecule has 3 nitrogen and oxygen atoms in total. The van der Waals surface area contributed by atoms with E-state index in [2.05, 4.69) is 32.2 Å². The molecule has 1 atom stereocenters. The van der Waals surface area contributed by atoms with E-state index in [9.17, 15) is 0 Å². The van der Waals surface area contributed by atoms with Crippen LogP contribution in [-0.4, -0.2) is 23.6 Å². The summed E-state index contributed by atoms with van der Waals surface area (Å²) < 4.78 is 5.23. The zero-order chi connectivity index (χ0) is 13.9. The Kier molecular flexibility index (Phi) is 4.40. The zero-order valence-electron chi connectivity index (χ0n) is 12.1. The van der Waals surface area contributed by atoms with Crippen LogP contribution in [0.1, 0.15) is 32.3 Å².